The molecule has 1 unspecified atom stereocenters. The summed E-state index contributed by atoms with van der Waals surface area (Å²) in [6.45, 7) is 4.55. The molecule has 0 fully saturated rings. The molecule has 0 bridgehead atoms. The van der Waals surface area contributed by atoms with Gasteiger partial charge in [0.15, 0.2) is 0 Å². The zero-order valence-corrected chi connectivity index (χ0v) is 11.5. The molecule has 1 heterocycles. The Bertz CT molecular complexity index is 505. The third-order valence-electron chi connectivity index (χ3n) is 3.41. The number of fused-ring (bicyclic) bond motifs is 1. The molecule has 0 spiro atoms. The molecule has 0 aliphatic rings. The zero-order valence-electron chi connectivity index (χ0n) is 11.5. The Balaban J connectivity index is 2.22. The van der Waals surface area contributed by atoms with Gasteiger partial charge in [0.2, 0.25) is 0 Å². The van der Waals surface area contributed by atoms with Crippen LogP contribution in [0.25, 0.3) is 10.9 Å². The van der Waals surface area contributed by atoms with Crippen LogP contribution in [0.3, 0.4) is 0 Å². The number of hydrogen-bond acceptors (Lipinski definition) is 2. The van der Waals surface area contributed by atoms with Crippen LogP contribution in [0.5, 0.6) is 0 Å². The number of hydrogen-bond donors (Lipinski definition) is 1. The van der Waals surface area contributed by atoms with Crippen molar-refractivity contribution in [3.8, 4) is 0 Å². The second-order valence-corrected chi connectivity index (χ2v) is 5.27. The van der Waals surface area contributed by atoms with Crippen molar-refractivity contribution in [2.75, 3.05) is 7.05 Å². The maximum absolute atomic E-state index is 4.36. The molecule has 0 saturated heterocycles. The van der Waals surface area contributed by atoms with E-state index < -0.39 is 0 Å². The summed E-state index contributed by atoms with van der Waals surface area (Å²) >= 11 is 0. The van der Waals surface area contributed by atoms with Crippen molar-refractivity contribution in [3.05, 3.63) is 42.1 Å². The fourth-order valence-electron chi connectivity index (χ4n) is 2.29. The summed E-state index contributed by atoms with van der Waals surface area (Å²) in [6.07, 6.45) is 4.27. The summed E-state index contributed by atoms with van der Waals surface area (Å²) in [5.41, 5.74) is 2.43. The molecule has 0 amide bonds. The molecule has 2 aromatic rings. The third-order valence-corrected chi connectivity index (χ3v) is 3.41. The minimum absolute atomic E-state index is 0.442. The van der Waals surface area contributed by atoms with Gasteiger partial charge in [-0.05, 0) is 49.6 Å². The van der Waals surface area contributed by atoms with Crippen LogP contribution in [0, 0.1) is 5.92 Å². The highest BCUT2D eigenvalue weighted by Crippen LogP contribution is 2.23. The Kier molecular flexibility index (Phi) is 4.32. The Hall–Kier alpha value is -1.41. The molecule has 96 valence electrons. The smallest absolute Gasteiger partial charge is 0.0702 e. The van der Waals surface area contributed by atoms with Crippen molar-refractivity contribution in [2.24, 2.45) is 5.92 Å². The van der Waals surface area contributed by atoms with E-state index in [0.29, 0.717) is 6.04 Å². The Morgan fingerprint density at radius 3 is 2.72 bits per heavy atom. The van der Waals surface area contributed by atoms with E-state index in [1.165, 1.54) is 23.8 Å². The van der Waals surface area contributed by atoms with E-state index in [0.717, 1.165) is 11.4 Å². The molecule has 2 rings (SSSR count). The summed E-state index contributed by atoms with van der Waals surface area (Å²) in [5, 5.41) is 4.64. The molecule has 0 aliphatic heterocycles. The number of nitrogens with one attached hydrogen (secondary N) is 1. The van der Waals surface area contributed by atoms with Gasteiger partial charge < -0.3 is 5.32 Å². The van der Waals surface area contributed by atoms with Gasteiger partial charge in [0.05, 0.1) is 5.52 Å². The van der Waals surface area contributed by atoms with Gasteiger partial charge in [-0.3, -0.25) is 4.98 Å². The van der Waals surface area contributed by atoms with E-state index in [1.807, 2.05) is 19.3 Å². The highest BCUT2D eigenvalue weighted by Gasteiger charge is 2.10. The molecule has 0 radical (unpaired) electrons. The van der Waals surface area contributed by atoms with Crippen LogP contribution in [0.4, 0.5) is 0 Å². The Morgan fingerprint density at radius 1 is 1.17 bits per heavy atom. The molecule has 2 heteroatoms. The lowest BCUT2D eigenvalue weighted by Gasteiger charge is -2.18. The fraction of sp³-hybridized carbons (Fsp3) is 0.438. The van der Waals surface area contributed by atoms with Crippen LogP contribution in [0.2, 0.25) is 0 Å². The number of aromatic nitrogens is 1. The van der Waals surface area contributed by atoms with Crippen LogP contribution in [-0.4, -0.2) is 12.0 Å². The monoisotopic (exact) mass is 242 g/mol. The second kappa shape index (κ2) is 5.96. The lowest BCUT2D eigenvalue weighted by Crippen LogP contribution is -2.16. The quantitative estimate of drug-likeness (QED) is 0.859. The molecule has 1 N–H and O–H groups in total. The predicted molar refractivity (Wildman–Crippen MR) is 77.6 cm³/mol. The van der Waals surface area contributed by atoms with Crippen molar-refractivity contribution in [2.45, 2.75) is 32.7 Å². The Morgan fingerprint density at radius 2 is 2.00 bits per heavy atom. The molecule has 0 saturated carbocycles. The van der Waals surface area contributed by atoms with Crippen LogP contribution >= 0.6 is 0 Å². The zero-order chi connectivity index (χ0) is 13.0. The lowest BCUT2D eigenvalue weighted by molar-refractivity contribution is 0.465. The van der Waals surface area contributed by atoms with Crippen molar-refractivity contribution < 1.29 is 0 Å². The van der Waals surface area contributed by atoms with Gasteiger partial charge in [-0.2, -0.15) is 0 Å². The largest absolute Gasteiger partial charge is 0.313 e. The van der Waals surface area contributed by atoms with E-state index in [2.05, 4.69) is 48.4 Å². The topological polar surface area (TPSA) is 24.9 Å². The molecule has 0 aliphatic carbocycles. The highest BCUT2D eigenvalue weighted by atomic mass is 14.9. The summed E-state index contributed by atoms with van der Waals surface area (Å²) in [5.74, 6) is 0.753. The van der Waals surface area contributed by atoms with Crippen molar-refractivity contribution in [1.82, 2.24) is 10.3 Å². The van der Waals surface area contributed by atoms with Crippen LogP contribution in [-0.2, 0) is 0 Å². The number of benzene rings is 1. The van der Waals surface area contributed by atoms with Gasteiger partial charge >= 0.3 is 0 Å². The standard InChI is InChI=1S/C16H22N2/c1-12(2)6-8-15(17-3)14-7-9-16-13(11-14)5-4-10-18-16/h4-5,7,9-12,15,17H,6,8H2,1-3H3. The van der Waals surface area contributed by atoms with E-state index in [-0.39, 0.29) is 0 Å². The maximum atomic E-state index is 4.36. The Labute approximate surface area is 109 Å². The average molecular weight is 242 g/mol. The molecule has 1 atom stereocenters. The van der Waals surface area contributed by atoms with Gasteiger partial charge in [0.25, 0.3) is 0 Å². The molecule has 1 aromatic heterocycles. The number of nitrogens with zero attached hydrogens (tertiary/aromatic N) is 1. The summed E-state index contributed by atoms with van der Waals surface area (Å²) in [6, 6.07) is 11.1. The summed E-state index contributed by atoms with van der Waals surface area (Å²) in [4.78, 5) is 4.36. The summed E-state index contributed by atoms with van der Waals surface area (Å²) in [7, 11) is 2.04. The van der Waals surface area contributed by atoms with Gasteiger partial charge in [-0.15, -0.1) is 0 Å². The van der Waals surface area contributed by atoms with Crippen molar-refractivity contribution in [1.29, 1.82) is 0 Å². The molecular weight excluding hydrogens is 220 g/mol. The van der Waals surface area contributed by atoms with Gasteiger partial charge in [-0.1, -0.05) is 26.0 Å². The average Bonchev–Trinajstić information content (AvgIpc) is 2.39. The van der Waals surface area contributed by atoms with Crippen LogP contribution in [0.15, 0.2) is 36.5 Å². The van der Waals surface area contributed by atoms with Gasteiger partial charge in [0.1, 0.15) is 0 Å². The molecule has 2 nitrogen and oxygen atoms in total. The van der Waals surface area contributed by atoms with Crippen LogP contribution in [0.1, 0.15) is 38.3 Å². The van der Waals surface area contributed by atoms with Gasteiger partial charge in [-0.25, -0.2) is 0 Å². The highest BCUT2D eigenvalue weighted by molar-refractivity contribution is 5.79. The van der Waals surface area contributed by atoms with Crippen LogP contribution < -0.4 is 5.32 Å². The first-order valence-electron chi connectivity index (χ1n) is 6.72. The predicted octanol–water partition coefficient (Wildman–Crippen LogP) is 3.93. The number of pyridine rings is 1. The molecule has 18 heavy (non-hydrogen) atoms. The second-order valence-electron chi connectivity index (χ2n) is 5.27. The van der Waals surface area contributed by atoms with E-state index in [1.54, 1.807) is 0 Å². The molecular formula is C16H22N2. The first-order chi connectivity index (χ1) is 8.70. The van der Waals surface area contributed by atoms with Gasteiger partial charge in [0, 0.05) is 17.6 Å². The van der Waals surface area contributed by atoms with E-state index >= 15 is 0 Å². The van der Waals surface area contributed by atoms with Crippen molar-refractivity contribution >= 4 is 10.9 Å². The summed E-state index contributed by atoms with van der Waals surface area (Å²) < 4.78 is 0. The third kappa shape index (κ3) is 3.08. The van der Waals surface area contributed by atoms with E-state index in [4.69, 9.17) is 0 Å². The van der Waals surface area contributed by atoms with Crippen molar-refractivity contribution in [3.63, 3.8) is 0 Å². The maximum Gasteiger partial charge on any atom is 0.0702 e. The first kappa shape index (κ1) is 13.0. The van der Waals surface area contributed by atoms with E-state index in [9.17, 15) is 0 Å². The SMILES string of the molecule is CNC(CCC(C)C)c1ccc2ncccc2c1. The minimum Gasteiger partial charge on any atom is -0.313 e. The minimum atomic E-state index is 0.442. The fourth-order valence-corrected chi connectivity index (χ4v) is 2.29. The normalized spacial score (nSPS) is 13.1. The first-order valence-corrected chi connectivity index (χ1v) is 6.72. The molecule has 1 aromatic carbocycles. The lowest BCUT2D eigenvalue weighted by atomic mass is 9.97. The number of rotatable bonds is 5.